The smallest absolute Gasteiger partial charge is 0.252 e. The molecule has 0 spiro atoms. The number of hydrogen-bond acceptors (Lipinski definition) is 5. The Morgan fingerprint density at radius 3 is 2.96 bits per heavy atom. The standard InChI is InChI=1S/C17H17N7O/c1-11-14(12(2)24-17(21-11)19-10-20-24)7-16(25)18-8-13-9-23-6-4-3-5-15(23)22-13/h3-6,9-10H,7-8H2,1-2H3,(H,18,25). The van der Waals surface area contributed by atoms with Crippen molar-refractivity contribution in [2.75, 3.05) is 0 Å². The van der Waals surface area contributed by atoms with E-state index in [4.69, 9.17) is 0 Å². The van der Waals surface area contributed by atoms with Gasteiger partial charge in [0.05, 0.1) is 18.7 Å². The van der Waals surface area contributed by atoms with Crippen molar-refractivity contribution in [1.82, 2.24) is 34.3 Å². The molecule has 4 aromatic heterocycles. The molecular weight excluding hydrogens is 318 g/mol. The number of carbonyl (C=O) groups excluding carboxylic acids is 1. The van der Waals surface area contributed by atoms with Crippen molar-refractivity contribution >= 4 is 17.3 Å². The van der Waals surface area contributed by atoms with Crippen LogP contribution in [0.2, 0.25) is 0 Å². The first-order chi connectivity index (χ1) is 12.1. The lowest BCUT2D eigenvalue weighted by atomic mass is 10.1. The van der Waals surface area contributed by atoms with Gasteiger partial charge in [-0.2, -0.15) is 10.1 Å². The molecule has 4 heterocycles. The summed E-state index contributed by atoms with van der Waals surface area (Å²) in [6.07, 6.45) is 5.55. The average molecular weight is 335 g/mol. The molecule has 0 radical (unpaired) electrons. The second-order valence-electron chi connectivity index (χ2n) is 5.88. The number of nitrogens with one attached hydrogen (secondary N) is 1. The topological polar surface area (TPSA) is 89.5 Å². The molecule has 4 rings (SSSR count). The van der Waals surface area contributed by atoms with E-state index in [1.807, 2.05) is 48.8 Å². The molecule has 0 aliphatic carbocycles. The molecular formula is C17H17N7O. The van der Waals surface area contributed by atoms with E-state index in [1.165, 1.54) is 6.33 Å². The van der Waals surface area contributed by atoms with Crippen LogP contribution in [0, 0.1) is 13.8 Å². The fourth-order valence-electron chi connectivity index (χ4n) is 2.90. The van der Waals surface area contributed by atoms with Gasteiger partial charge in [-0.15, -0.1) is 0 Å². The van der Waals surface area contributed by atoms with Crippen LogP contribution in [0.3, 0.4) is 0 Å². The number of aromatic nitrogens is 6. The predicted molar refractivity (Wildman–Crippen MR) is 91.0 cm³/mol. The third-order valence-corrected chi connectivity index (χ3v) is 4.21. The molecule has 8 heteroatoms. The van der Waals surface area contributed by atoms with Crippen LogP contribution in [-0.4, -0.2) is 34.9 Å². The van der Waals surface area contributed by atoms with Gasteiger partial charge >= 0.3 is 0 Å². The highest BCUT2D eigenvalue weighted by molar-refractivity contribution is 5.79. The Morgan fingerprint density at radius 2 is 2.12 bits per heavy atom. The minimum atomic E-state index is -0.0791. The molecule has 0 aliphatic heterocycles. The summed E-state index contributed by atoms with van der Waals surface area (Å²) in [6, 6.07) is 5.80. The molecule has 0 bridgehead atoms. The zero-order valence-corrected chi connectivity index (χ0v) is 14.0. The SMILES string of the molecule is Cc1nc2ncnn2c(C)c1CC(=O)NCc1cn2ccccc2n1. The molecule has 1 amide bonds. The Bertz CT molecular complexity index is 1050. The highest BCUT2D eigenvalue weighted by Crippen LogP contribution is 2.13. The van der Waals surface area contributed by atoms with Gasteiger partial charge in [-0.1, -0.05) is 6.07 Å². The molecule has 0 atom stereocenters. The van der Waals surface area contributed by atoms with Crippen LogP contribution in [0.1, 0.15) is 22.6 Å². The van der Waals surface area contributed by atoms with Crippen LogP contribution in [0.15, 0.2) is 36.9 Å². The van der Waals surface area contributed by atoms with Crippen molar-refractivity contribution in [3.63, 3.8) is 0 Å². The summed E-state index contributed by atoms with van der Waals surface area (Å²) in [4.78, 5) is 25.3. The maximum absolute atomic E-state index is 12.4. The molecule has 126 valence electrons. The Kier molecular flexibility index (Phi) is 3.64. The summed E-state index contributed by atoms with van der Waals surface area (Å²) >= 11 is 0. The molecule has 0 aliphatic rings. The number of pyridine rings is 1. The van der Waals surface area contributed by atoms with Crippen molar-refractivity contribution in [1.29, 1.82) is 0 Å². The lowest BCUT2D eigenvalue weighted by Crippen LogP contribution is -2.26. The molecule has 0 saturated heterocycles. The van der Waals surface area contributed by atoms with Gasteiger partial charge in [0, 0.05) is 29.3 Å². The molecule has 1 N–H and O–H groups in total. The van der Waals surface area contributed by atoms with Gasteiger partial charge in [-0.3, -0.25) is 4.79 Å². The highest BCUT2D eigenvalue weighted by atomic mass is 16.1. The summed E-state index contributed by atoms with van der Waals surface area (Å²) in [5.41, 5.74) is 4.21. The molecule has 0 fully saturated rings. The lowest BCUT2D eigenvalue weighted by Gasteiger charge is -2.10. The molecule has 8 nitrogen and oxygen atoms in total. The maximum atomic E-state index is 12.4. The van der Waals surface area contributed by atoms with E-state index in [2.05, 4.69) is 25.4 Å². The number of aryl methyl sites for hydroxylation is 2. The van der Waals surface area contributed by atoms with Crippen molar-refractivity contribution in [2.24, 2.45) is 0 Å². The van der Waals surface area contributed by atoms with Crippen LogP contribution >= 0.6 is 0 Å². The quantitative estimate of drug-likeness (QED) is 0.606. The van der Waals surface area contributed by atoms with E-state index < -0.39 is 0 Å². The van der Waals surface area contributed by atoms with Crippen molar-refractivity contribution in [2.45, 2.75) is 26.8 Å². The van der Waals surface area contributed by atoms with Gasteiger partial charge < -0.3 is 9.72 Å². The van der Waals surface area contributed by atoms with E-state index in [0.717, 1.165) is 28.3 Å². The normalized spacial score (nSPS) is 11.3. The summed E-state index contributed by atoms with van der Waals surface area (Å²) in [6.45, 7) is 4.19. The zero-order chi connectivity index (χ0) is 17.4. The van der Waals surface area contributed by atoms with E-state index in [0.29, 0.717) is 12.3 Å². The van der Waals surface area contributed by atoms with Gasteiger partial charge in [-0.25, -0.2) is 14.5 Å². The summed E-state index contributed by atoms with van der Waals surface area (Å²) in [7, 11) is 0. The first kappa shape index (κ1) is 15.3. The van der Waals surface area contributed by atoms with Gasteiger partial charge in [0.1, 0.15) is 12.0 Å². The number of amides is 1. The molecule has 0 unspecified atom stereocenters. The van der Waals surface area contributed by atoms with Gasteiger partial charge in [-0.05, 0) is 26.0 Å². The Labute approximate surface area is 143 Å². The van der Waals surface area contributed by atoms with Crippen molar-refractivity contribution in [3.05, 3.63) is 59.6 Å². The van der Waals surface area contributed by atoms with Crippen LogP contribution in [0.4, 0.5) is 0 Å². The average Bonchev–Trinajstić information content (AvgIpc) is 3.22. The monoisotopic (exact) mass is 335 g/mol. The second-order valence-corrected chi connectivity index (χ2v) is 5.88. The molecule has 4 aromatic rings. The van der Waals surface area contributed by atoms with E-state index in [-0.39, 0.29) is 12.3 Å². The van der Waals surface area contributed by atoms with Crippen LogP contribution < -0.4 is 5.32 Å². The van der Waals surface area contributed by atoms with Gasteiger partial charge in [0.15, 0.2) is 0 Å². The fraction of sp³-hybridized carbons (Fsp3) is 0.235. The third kappa shape index (κ3) is 2.82. The van der Waals surface area contributed by atoms with Gasteiger partial charge in [0.25, 0.3) is 5.78 Å². The number of fused-ring (bicyclic) bond motifs is 2. The largest absolute Gasteiger partial charge is 0.350 e. The number of nitrogens with zero attached hydrogens (tertiary/aromatic N) is 6. The van der Waals surface area contributed by atoms with Crippen LogP contribution in [0.5, 0.6) is 0 Å². The number of imidazole rings is 1. The number of rotatable bonds is 4. The van der Waals surface area contributed by atoms with E-state index in [9.17, 15) is 4.79 Å². The minimum Gasteiger partial charge on any atom is -0.350 e. The Morgan fingerprint density at radius 1 is 1.24 bits per heavy atom. The van der Waals surface area contributed by atoms with Crippen LogP contribution in [0.25, 0.3) is 11.4 Å². The summed E-state index contributed by atoms with van der Waals surface area (Å²) in [5.74, 6) is 0.466. The Hall–Kier alpha value is -3.29. The van der Waals surface area contributed by atoms with Gasteiger partial charge in [0.2, 0.25) is 5.91 Å². The van der Waals surface area contributed by atoms with E-state index in [1.54, 1.807) is 4.52 Å². The highest BCUT2D eigenvalue weighted by Gasteiger charge is 2.14. The molecule has 25 heavy (non-hydrogen) atoms. The number of hydrogen-bond donors (Lipinski definition) is 1. The van der Waals surface area contributed by atoms with Crippen LogP contribution in [-0.2, 0) is 17.8 Å². The minimum absolute atomic E-state index is 0.0791. The Balaban J connectivity index is 1.48. The first-order valence-electron chi connectivity index (χ1n) is 7.97. The second kappa shape index (κ2) is 5.97. The van der Waals surface area contributed by atoms with E-state index >= 15 is 0 Å². The molecule has 0 saturated carbocycles. The molecule has 0 aromatic carbocycles. The summed E-state index contributed by atoms with van der Waals surface area (Å²) in [5, 5.41) is 7.06. The van der Waals surface area contributed by atoms with Crippen molar-refractivity contribution < 1.29 is 4.79 Å². The van der Waals surface area contributed by atoms with Crippen molar-refractivity contribution in [3.8, 4) is 0 Å². The third-order valence-electron chi connectivity index (χ3n) is 4.21. The maximum Gasteiger partial charge on any atom is 0.252 e. The lowest BCUT2D eigenvalue weighted by molar-refractivity contribution is -0.120. The number of carbonyl (C=O) groups is 1. The fourth-order valence-corrected chi connectivity index (χ4v) is 2.90. The summed E-state index contributed by atoms with van der Waals surface area (Å²) < 4.78 is 3.58. The predicted octanol–water partition coefficient (Wildman–Crippen LogP) is 1.25. The first-order valence-corrected chi connectivity index (χ1v) is 7.97. The zero-order valence-electron chi connectivity index (χ0n) is 14.0.